The van der Waals surface area contributed by atoms with Crippen LogP contribution in [0.25, 0.3) is 0 Å². The highest BCUT2D eigenvalue weighted by molar-refractivity contribution is 7.93. The van der Waals surface area contributed by atoms with Gasteiger partial charge in [-0.2, -0.15) is 0 Å². The molecule has 0 aromatic rings. The Morgan fingerprint density at radius 3 is 2.33 bits per heavy atom. The van der Waals surface area contributed by atoms with Crippen molar-refractivity contribution in [3.8, 4) is 0 Å². The molecule has 0 aliphatic carbocycles. The fraction of sp³-hybridized carbons (Fsp3) is 1.00. The van der Waals surface area contributed by atoms with Crippen LogP contribution in [0, 0.1) is 0 Å². The Bertz CT molecular complexity index is 182. The molecule has 1 heterocycles. The number of sulfone groups is 1. The number of aliphatic hydroxyl groups is 1. The van der Waals surface area contributed by atoms with E-state index in [0.717, 1.165) is 6.42 Å². The van der Waals surface area contributed by atoms with E-state index in [4.69, 9.17) is 5.11 Å². The number of hydrogen-bond donors (Lipinski definition) is 1. The maximum Gasteiger partial charge on any atom is 0.153 e. The van der Waals surface area contributed by atoms with E-state index < -0.39 is 9.84 Å². The van der Waals surface area contributed by atoms with Crippen molar-refractivity contribution in [2.24, 2.45) is 0 Å². The van der Waals surface area contributed by atoms with Gasteiger partial charge in [0.25, 0.3) is 0 Å². The Morgan fingerprint density at radius 1 is 1.56 bits per heavy atom. The number of aliphatic hydroxyl groups excluding tert-OH is 1. The molecule has 1 rings (SSSR count). The van der Waals surface area contributed by atoms with Crippen LogP contribution in [-0.4, -0.2) is 31.1 Å². The summed E-state index contributed by atoms with van der Waals surface area (Å²) in [5.41, 5.74) is 0. The molecule has 0 aromatic heterocycles. The van der Waals surface area contributed by atoms with E-state index in [1.54, 1.807) is 0 Å². The SMILES string of the molecule is O=S1(=O)CCC1CCO. The van der Waals surface area contributed by atoms with Crippen LogP contribution in [0.3, 0.4) is 0 Å². The van der Waals surface area contributed by atoms with Crippen LogP contribution in [0.2, 0.25) is 0 Å². The summed E-state index contributed by atoms with van der Waals surface area (Å²) < 4.78 is 21.4. The van der Waals surface area contributed by atoms with Crippen LogP contribution >= 0.6 is 0 Å². The largest absolute Gasteiger partial charge is 0.396 e. The summed E-state index contributed by atoms with van der Waals surface area (Å²) in [6.45, 7) is -0.0100. The van der Waals surface area contributed by atoms with Crippen molar-refractivity contribution in [1.29, 1.82) is 0 Å². The molecule has 1 unspecified atom stereocenters. The van der Waals surface area contributed by atoms with Crippen molar-refractivity contribution in [2.75, 3.05) is 12.4 Å². The average molecular weight is 150 g/mol. The zero-order valence-electron chi connectivity index (χ0n) is 5.08. The minimum absolute atomic E-state index is 0.0100. The second-order valence-corrected chi connectivity index (χ2v) is 4.69. The van der Waals surface area contributed by atoms with Crippen LogP contribution in [0.5, 0.6) is 0 Å². The lowest BCUT2D eigenvalue weighted by Crippen LogP contribution is -2.36. The van der Waals surface area contributed by atoms with Crippen molar-refractivity contribution in [3.05, 3.63) is 0 Å². The highest BCUT2D eigenvalue weighted by Crippen LogP contribution is 2.22. The monoisotopic (exact) mass is 150 g/mol. The summed E-state index contributed by atoms with van der Waals surface area (Å²) in [4.78, 5) is 0. The Morgan fingerprint density at radius 2 is 2.22 bits per heavy atom. The summed E-state index contributed by atoms with van der Waals surface area (Å²) in [5, 5.41) is 8.14. The Hall–Kier alpha value is -0.0900. The third-order valence-corrected chi connectivity index (χ3v) is 3.98. The molecule has 0 spiro atoms. The third kappa shape index (κ3) is 1.24. The van der Waals surface area contributed by atoms with Gasteiger partial charge in [0.1, 0.15) is 0 Å². The second kappa shape index (κ2) is 2.27. The molecule has 1 saturated heterocycles. The molecule has 0 saturated carbocycles. The molecule has 1 N–H and O–H groups in total. The highest BCUT2D eigenvalue weighted by atomic mass is 32.2. The lowest BCUT2D eigenvalue weighted by Gasteiger charge is -2.24. The predicted molar refractivity (Wildman–Crippen MR) is 33.9 cm³/mol. The molecule has 1 aliphatic rings. The first-order valence-electron chi connectivity index (χ1n) is 2.99. The quantitative estimate of drug-likeness (QED) is 0.580. The van der Waals surface area contributed by atoms with E-state index in [0.29, 0.717) is 12.2 Å². The fourth-order valence-electron chi connectivity index (χ4n) is 0.945. The Kier molecular flexibility index (Phi) is 1.77. The van der Waals surface area contributed by atoms with E-state index in [1.165, 1.54) is 0 Å². The lowest BCUT2D eigenvalue weighted by molar-refractivity contribution is 0.281. The molecular formula is C5H10O3S. The Balaban J connectivity index is 2.47. The first-order chi connectivity index (χ1) is 4.17. The molecule has 1 atom stereocenters. The van der Waals surface area contributed by atoms with Crippen LogP contribution in [-0.2, 0) is 9.84 Å². The fourth-order valence-corrected chi connectivity index (χ4v) is 2.36. The van der Waals surface area contributed by atoms with Crippen molar-refractivity contribution in [1.82, 2.24) is 0 Å². The number of hydrogen-bond acceptors (Lipinski definition) is 3. The summed E-state index contributed by atoms with van der Waals surface area (Å²) >= 11 is 0. The van der Waals surface area contributed by atoms with Crippen LogP contribution in [0.4, 0.5) is 0 Å². The summed E-state index contributed by atoms with van der Waals surface area (Å²) in [5.74, 6) is 0.317. The van der Waals surface area contributed by atoms with Gasteiger partial charge in [-0.25, -0.2) is 8.42 Å². The second-order valence-electron chi connectivity index (χ2n) is 2.29. The van der Waals surface area contributed by atoms with Gasteiger partial charge in [-0.3, -0.25) is 0 Å². The molecule has 1 aliphatic heterocycles. The molecule has 54 valence electrons. The van der Waals surface area contributed by atoms with Crippen molar-refractivity contribution < 1.29 is 13.5 Å². The minimum Gasteiger partial charge on any atom is -0.396 e. The summed E-state index contributed by atoms with van der Waals surface area (Å²) in [6, 6.07) is 0. The van der Waals surface area contributed by atoms with Gasteiger partial charge in [-0.15, -0.1) is 0 Å². The highest BCUT2D eigenvalue weighted by Gasteiger charge is 2.34. The van der Waals surface area contributed by atoms with Gasteiger partial charge >= 0.3 is 0 Å². The standard InChI is InChI=1S/C5H10O3S/c6-3-1-5-2-4-9(5,7)8/h5-6H,1-4H2. The van der Waals surface area contributed by atoms with Crippen molar-refractivity contribution in [3.63, 3.8) is 0 Å². The maximum absolute atomic E-state index is 10.7. The van der Waals surface area contributed by atoms with Crippen LogP contribution < -0.4 is 0 Å². The summed E-state index contributed by atoms with van der Waals surface area (Å²) in [6.07, 6.45) is 1.16. The van der Waals surface area contributed by atoms with Gasteiger partial charge < -0.3 is 5.11 Å². The van der Waals surface area contributed by atoms with Crippen molar-refractivity contribution in [2.45, 2.75) is 18.1 Å². The van der Waals surface area contributed by atoms with Gasteiger partial charge in [0.2, 0.25) is 0 Å². The van der Waals surface area contributed by atoms with Gasteiger partial charge in [0, 0.05) is 6.61 Å². The van der Waals surface area contributed by atoms with Gasteiger partial charge in [-0.1, -0.05) is 0 Å². The molecule has 0 radical (unpaired) electrons. The lowest BCUT2D eigenvalue weighted by atomic mass is 10.2. The first-order valence-corrected chi connectivity index (χ1v) is 4.71. The van der Waals surface area contributed by atoms with E-state index in [1.807, 2.05) is 0 Å². The molecule has 0 aromatic carbocycles. The van der Waals surface area contributed by atoms with Crippen molar-refractivity contribution >= 4 is 9.84 Å². The Labute approximate surface area is 54.6 Å². The van der Waals surface area contributed by atoms with Crippen LogP contribution in [0.1, 0.15) is 12.8 Å². The van der Waals surface area contributed by atoms with Gasteiger partial charge in [-0.05, 0) is 12.8 Å². The molecule has 0 amide bonds. The third-order valence-electron chi connectivity index (χ3n) is 1.68. The molecular weight excluding hydrogens is 140 g/mol. The smallest absolute Gasteiger partial charge is 0.153 e. The zero-order valence-corrected chi connectivity index (χ0v) is 5.89. The zero-order chi connectivity index (χ0) is 6.91. The molecule has 1 fully saturated rings. The summed E-state index contributed by atoms with van der Waals surface area (Å²) in [7, 11) is -2.74. The first kappa shape index (κ1) is 7.02. The van der Waals surface area contributed by atoms with E-state index in [-0.39, 0.29) is 11.9 Å². The molecule has 0 bridgehead atoms. The molecule has 3 nitrogen and oxygen atoms in total. The van der Waals surface area contributed by atoms with E-state index >= 15 is 0 Å². The average Bonchev–Trinajstić information content (AvgIpc) is 1.81. The van der Waals surface area contributed by atoms with Gasteiger partial charge in [0.05, 0.1) is 11.0 Å². The predicted octanol–water partition coefficient (Wildman–Crippen LogP) is -0.444. The topological polar surface area (TPSA) is 54.4 Å². The molecule has 9 heavy (non-hydrogen) atoms. The minimum atomic E-state index is -2.74. The maximum atomic E-state index is 10.7. The molecule has 4 heteroatoms. The van der Waals surface area contributed by atoms with Crippen LogP contribution in [0.15, 0.2) is 0 Å². The number of rotatable bonds is 2. The van der Waals surface area contributed by atoms with E-state index in [2.05, 4.69) is 0 Å². The normalized spacial score (nSPS) is 31.4. The van der Waals surface area contributed by atoms with E-state index in [9.17, 15) is 8.42 Å². The van der Waals surface area contributed by atoms with Gasteiger partial charge in [0.15, 0.2) is 9.84 Å².